The Morgan fingerprint density at radius 2 is 1.65 bits per heavy atom. The molecule has 4 rings (SSSR count). The van der Waals surface area contributed by atoms with E-state index in [0.29, 0.717) is 42.5 Å². The number of carbonyl (C=O) groups excluding carboxylic acids is 2. The van der Waals surface area contributed by atoms with E-state index in [0.717, 1.165) is 16.9 Å². The molecule has 2 amide bonds. The van der Waals surface area contributed by atoms with Crippen molar-refractivity contribution in [1.82, 2.24) is 9.88 Å². The Morgan fingerprint density at radius 1 is 0.935 bits per heavy atom. The van der Waals surface area contributed by atoms with Gasteiger partial charge < -0.3 is 15.1 Å². The molecule has 1 N–H and O–H groups in total. The van der Waals surface area contributed by atoms with Gasteiger partial charge in [0.15, 0.2) is 0 Å². The number of nitrogens with zero attached hydrogens (tertiary/aromatic N) is 3. The number of piperazine rings is 1. The quantitative estimate of drug-likeness (QED) is 0.666. The molecule has 2 aromatic carbocycles. The van der Waals surface area contributed by atoms with Gasteiger partial charge in [0.1, 0.15) is 5.82 Å². The highest BCUT2D eigenvalue weighted by atomic mass is 35.5. The van der Waals surface area contributed by atoms with E-state index in [1.54, 1.807) is 30.5 Å². The maximum atomic E-state index is 12.7. The lowest BCUT2D eigenvalue weighted by molar-refractivity contribution is 0.0746. The van der Waals surface area contributed by atoms with Gasteiger partial charge in [-0.25, -0.2) is 4.98 Å². The van der Waals surface area contributed by atoms with Crippen molar-refractivity contribution in [3.05, 3.63) is 88.6 Å². The summed E-state index contributed by atoms with van der Waals surface area (Å²) in [4.78, 5) is 33.6. The van der Waals surface area contributed by atoms with Gasteiger partial charge in [-0.1, -0.05) is 41.4 Å². The molecule has 31 heavy (non-hydrogen) atoms. The van der Waals surface area contributed by atoms with E-state index < -0.39 is 0 Å². The smallest absolute Gasteiger partial charge is 0.257 e. The third-order valence-corrected chi connectivity index (χ3v) is 5.64. The van der Waals surface area contributed by atoms with Crippen LogP contribution in [-0.4, -0.2) is 47.9 Å². The summed E-state index contributed by atoms with van der Waals surface area (Å²) in [5.74, 6) is 0.604. The molecule has 1 aromatic heterocycles. The van der Waals surface area contributed by atoms with Gasteiger partial charge in [0.25, 0.3) is 11.8 Å². The molecule has 2 heterocycles. The first-order valence-corrected chi connectivity index (χ1v) is 10.5. The predicted molar refractivity (Wildman–Crippen MR) is 123 cm³/mol. The largest absolute Gasteiger partial charge is 0.353 e. The lowest BCUT2D eigenvalue weighted by Gasteiger charge is -2.35. The number of hydrogen-bond donors (Lipinski definition) is 1. The third kappa shape index (κ3) is 4.86. The first-order chi connectivity index (χ1) is 15.0. The second-order valence-corrected chi connectivity index (χ2v) is 7.89. The minimum absolute atomic E-state index is 0.0604. The van der Waals surface area contributed by atoms with E-state index >= 15 is 0 Å². The molecule has 1 aliphatic heterocycles. The molecule has 0 bridgehead atoms. The summed E-state index contributed by atoms with van der Waals surface area (Å²) in [7, 11) is 0. The number of aromatic nitrogens is 1. The fraction of sp³-hybridized carbons (Fsp3) is 0.208. The Bertz CT molecular complexity index is 1080. The van der Waals surface area contributed by atoms with E-state index in [2.05, 4.69) is 15.2 Å². The Balaban J connectivity index is 1.34. The SMILES string of the molecule is Cc1ccc(C(=O)N2CCN(c3ccc(NC(=O)c4ccccc4Cl)cn3)CC2)cc1. The number of carbonyl (C=O) groups is 2. The van der Waals surface area contributed by atoms with Crippen molar-refractivity contribution in [1.29, 1.82) is 0 Å². The van der Waals surface area contributed by atoms with E-state index in [-0.39, 0.29) is 11.8 Å². The van der Waals surface area contributed by atoms with Crippen LogP contribution in [0.4, 0.5) is 11.5 Å². The van der Waals surface area contributed by atoms with Crippen LogP contribution in [0.1, 0.15) is 26.3 Å². The van der Waals surface area contributed by atoms with Crippen LogP contribution in [0.5, 0.6) is 0 Å². The fourth-order valence-electron chi connectivity index (χ4n) is 3.51. The molecule has 0 atom stereocenters. The summed E-state index contributed by atoms with van der Waals surface area (Å²) in [6.07, 6.45) is 1.63. The number of nitrogens with one attached hydrogen (secondary N) is 1. The highest BCUT2D eigenvalue weighted by molar-refractivity contribution is 6.34. The molecule has 158 valence electrons. The topological polar surface area (TPSA) is 65.5 Å². The lowest BCUT2D eigenvalue weighted by atomic mass is 10.1. The van der Waals surface area contributed by atoms with Crippen LogP contribution < -0.4 is 10.2 Å². The maximum absolute atomic E-state index is 12.7. The number of benzene rings is 2. The van der Waals surface area contributed by atoms with Crippen molar-refractivity contribution in [3.63, 3.8) is 0 Å². The van der Waals surface area contributed by atoms with E-state index in [1.807, 2.05) is 48.2 Å². The number of aryl methyl sites for hydroxylation is 1. The highest BCUT2D eigenvalue weighted by Crippen LogP contribution is 2.20. The number of rotatable bonds is 4. The van der Waals surface area contributed by atoms with Crippen LogP contribution in [0.25, 0.3) is 0 Å². The molecule has 0 aliphatic carbocycles. The second kappa shape index (κ2) is 9.18. The van der Waals surface area contributed by atoms with Gasteiger partial charge in [-0.05, 0) is 43.3 Å². The zero-order valence-corrected chi connectivity index (χ0v) is 18.0. The number of amides is 2. The van der Waals surface area contributed by atoms with Gasteiger partial charge in [-0.3, -0.25) is 9.59 Å². The average molecular weight is 435 g/mol. The molecule has 3 aromatic rings. The summed E-state index contributed by atoms with van der Waals surface area (Å²) < 4.78 is 0. The summed E-state index contributed by atoms with van der Waals surface area (Å²) in [6, 6.07) is 18.3. The number of pyridine rings is 1. The molecule has 0 spiro atoms. The van der Waals surface area contributed by atoms with Crippen LogP contribution in [-0.2, 0) is 0 Å². The van der Waals surface area contributed by atoms with Crippen LogP contribution in [0.3, 0.4) is 0 Å². The molecule has 0 unspecified atom stereocenters. The average Bonchev–Trinajstić information content (AvgIpc) is 2.80. The minimum atomic E-state index is -0.275. The van der Waals surface area contributed by atoms with Crippen molar-refractivity contribution in [2.75, 3.05) is 36.4 Å². The second-order valence-electron chi connectivity index (χ2n) is 7.48. The molecule has 1 fully saturated rings. The van der Waals surface area contributed by atoms with E-state index in [4.69, 9.17) is 11.6 Å². The van der Waals surface area contributed by atoms with E-state index in [9.17, 15) is 9.59 Å². The number of halogens is 1. The molecule has 7 heteroatoms. The third-order valence-electron chi connectivity index (χ3n) is 5.31. The number of hydrogen-bond acceptors (Lipinski definition) is 4. The first-order valence-electron chi connectivity index (χ1n) is 10.1. The summed E-state index contributed by atoms with van der Waals surface area (Å²) in [5.41, 5.74) is 2.87. The van der Waals surface area contributed by atoms with Crippen molar-refractivity contribution >= 4 is 34.9 Å². The highest BCUT2D eigenvalue weighted by Gasteiger charge is 2.23. The number of anilines is 2. The van der Waals surface area contributed by atoms with Gasteiger partial charge in [0.2, 0.25) is 0 Å². The Labute approximate surface area is 186 Å². The molecule has 0 saturated carbocycles. The van der Waals surface area contributed by atoms with Gasteiger partial charge in [-0.2, -0.15) is 0 Å². The predicted octanol–water partition coefficient (Wildman–Crippen LogP) is 4.26. The Kier molecular flexibility index (Phi) is 6.18. The molecular weight excluding hydrogens is 412 g/mol. The van der Waals surface area contributed by atoms with Crippen LogP contribution in [0.2, 0.25) is 5.02 Å². The van der Waals surface area contributed by atoms with Crippen molar-refractivity contribution in [2.45, 2.75) is 6.92 Å². The monoisotopic (exact) mass is 434 g/mol. The van der Waals surface area contributed by atoms with E-state index in [1.165, 1.54) is 0 Å². The van der Waals surface area contributed by atoms with Gasteiger partial charge in [-0.15, -0.1) is 0 Å². The maximum Gasteiger partial charge on any atom is 0.257 e. The van der Waals surface area contributed by atoms with Crippen LogP contribution >= 0.6 is 11.6 Å². The molecule has 1 saturated heterocycles. The van der Waals surface area contributed by atoms with Gasteiger partial charge >= 0.3 is 0 Å². The van der Waals surface area contributed by atoms with Crippen molar-refractivity contribution in [3.8, 4) is 0 Å². The zero-order valence-electron chi connectivity index (χ0n) is 17.2. The van der Waals surface area contributed by atoms with Crippen molar-refractivity contribution in [2.24, 2.45) is 0 Å². The van der Waals surface area contributed by atoms with Gasteiger partial charge in [0, 0.05) is 31.7 Å². The summed E-state index contributed by atoms with van der Waals surface area (Å²) in [6.45, 7) is 4.69. The fourth-order valence-corrected chi connectivity index (χ4v) is 3.73. The molecule has 1 aliphatic rings. The Morgan fingerprint density at radius 3 is 2.29 bits per heavy atom. The molecule has 6 nitrogen and oxygen atoms in total. The van der Waals surface area contributed by atoms with Gasteiger partial charge in [0.05, 0.1) is 22.5 Å². The van der Waals surface area contributed by atoms with Crippen molar-refractivity contribution < 1.29 is 9.59 Å². The molecular formula is C24H23ClN4O2. The van der Waals surface area contributed by atoms with Crippen LogP contribution in [0.15, 0.2) is 66.9 Å². The first kappa shape index (κ1) is 20.9. The normalized spacial score (nSPS) is 13.7. The standard InChI is InChI=1S/C24H23ClN4O2/c1-17-6-8-18(9-7-17)24(31)29-14-12-28(13-15-29)22-11-10-19(16-26-22)27-23(30)20-4-2-3-5-21(20)25/h2-11,16H,12-15H2,1H3,(H,27,30). The van der Waals surface area contributed by atoms with Crippen LogP contribution in [0, 0.1) is 6.92 Å². The Hall–Kier alpha value is -3.38. The lowest BCUT2D eigenvalue weighted by Crippen LogP contribution is -2.49. The zero-order chi connectivity index (χ0) is 21.8. The molecule has 0 radical (unpaired) electrons. The summed E-state index contributed by atoms with van der Waals surface area (Å²) in [5, 5.41) is 3.22. The summed E-state index contributed by atoms with van der Waals surface area (Å²) >= 11 is 6.08. The minimum Gasteiger partial charge on any atom is -0.353 e.